The lowest BCUT2D eigenvalue weighted by atomic mass is 10.3. The number of carboxylic acid groups (broad SMARTS) is 2. The quantitative estimate of drug-likeness (QED) is 0.455. The summed E-state index contributed by atoms with van der Waals surface area (Å²) >= 11 is 0. The number of aliphatic carboxylic acids is 2. The van der Waals surface area contributed by atoms with Crippen LogP contribution in [0.4, 0.5) is 0 Å². The highest BCUT2D eigenvalue weighted by Gasteiger charge is 2.30. The van der Waals surface area contributed by atoms with Crippen molar-refractivity contribution in [2.75, 3.05) is 39.8 Å². The Morgan fingerprint density at radius 1 is 1.11 bits per heavy atom. The topological polar surface area (TPSA) is 107 Å². The molecule has 0 aromatic carbocycles. The van der Waals surface area contributed by atoms with Crippen LogP contribution in [0.15, 0.2) is 0 Å². The number of likely N-dealkylation sites (N-methyl/N-ethyl adjacent to an activating group) is 1. The van der Waals surface area contributed by atoms with Gasteiger partial charge in [-0.2, -0.15) is 0 Å². The number of carbonyl (C=O) groups excluding carboxylic acids is 1. The maximum absolute atomic E-state index is 11.4. The number of rotatable bonds is 6. The maximum atomic E-state index is 11.4. The molecule has 1 aliphatic heterocycles. The van der Waals surface area contributed by atoms with E-state index in [1.165, 1.54) is 0 Å². The fourth-order valence-corrected chi connectivity index (χ4v) is 1.72. The molecule has 1 heterocycles. The monoisotopic (exact) mass is 274 g/mol. The van der Waals surface area contributed by atoms with Crippen LogP contribution < -0.4 is 0 Å². The van der Waals surface area contributed by atoms with E-state index in [1.54, 1.807) is 0 Å². The van der Waals surface area contributed by atoms with Gasteiger partial charge in [-0.25, -0.2) is 9.59 Å². The van der Waals surface area contributed by atoms with Gasteiger partial charge in [0.15, 0.2) is 0 Å². The molecule has 1 fully saturated rings. The highest BCUT2D eigenvalue weighted by Crippen LogP contribution is 2.02. The second-order valence-corrected chi connectivity index (χ2v) is 4.44. The number of piperazine rings is 1. The second-order valence-electron chi connectivity index (χ2n) is 4.44. The van der Waals surface area contributed by atoms with E-state index < -0.39 is 24.0 Å². The minimum Gasteiger partial charge on any atom is -0.478 e. The van der Waals surface area contributed by atoms with Gasteiger partial charge in [-0.3, -0.25) is 4.79 Å². The summed E-state index contributed by atoms with van der Waals surface area (Å²) in [5, 5.41) is 17.1. The van der Waals surface area contributed by atoms with Crippen LogP contribution in [0.1, 0.15) is 6.42 Å². The van der Waals surface area contributed by atoms with Crippen molar-refractivity contribution in [1.29, 1.82) is 0 Å². The van der Waals surface area contributed by atoms with Gasteiger partial charge < -0.3 is 24.7 Å². The average molecular weight is 274 g/mol. The molecular weight excluding hydrogens is 256 g/mol. The summed E-state index contributed by atoms with van der Waals surface area (Å²) in [7, 11) is 2.01. The standard InChI is InChI=1S/C11H18N2O6/c1-12-4-6-13(7-5-12)3-2-8(14)19-9(10(15)16)11(17)18/h9H,2-7H2,1H3,(H,15,16)(H,17,18). The van der Waals surface area contributed by atoms with Crippen molar-refractivity contribution in [3.8, 4) is 0 Å². The van der Waals surface area contributed by atoms with Crippen LogP contribution in [-0.4, -0.2) is 83.8 Å². The first kappa shape index (κ1) is 15.4. The third-order valence-corrected chi connectivity index (χ3v) is 2.93. The van der Waals surface area contributed by atoms with Crippen LogP contribution >= 0.6 is 0 Å². The molecule has 0 aliphatic carbocycles. The summed E-state index contributed by atoms with van der Waals surface area (Å²) in [6, 6.07) is 0. The highest BCUT2D eigenvalue weighted by molar-refractivity contribution is 5.97. The Morgan fingerprint density at radius 2 is 1.63 bits per heavy atom. The number of ether oxygens (including phenoxy) is 1. The van der Waals surface area contributed by atoms with Crippen molar-refractivity contribution in [2.24, 2.45) is 0 Å². The number of hydrogen-bond donors (Lipinski definition) is 2. The van der Waals surface area contributed by atoms with Gasteiger partial charge in [-0.15, -0.1) is 0 Å². The molecular formula is C11H18N2O6. The normalized spacial score (nSPS) is 17.4. The van der Waals surface area contributed by atoms with Gasteiger partial charge in [-0.1, -0.05) is 0 Å². The largest absolute Gasteiger partial charge is 0.478 e. The lowest BCUT2D eigenvalue weighted by Crippen LogP contribution is -2.45. The first-order valence-electron chi connectivity index (χ1n) is 5.96. The van der Waals surface area contributed by atoms with Crippen molar-refractivity contribution in [1.82, 2.24) is 9.80 Å². The van der Waals surface area contributed by atoms with E-state index >= 15 is 0 Å². The molecule has 0 saturated carbocycles. The van der Waals surface area contributed by atoms with E-state index in [1.807, 2.05) is 7.05 Å². The number of carboxylic acids is 2. The molecule has 0 unspecified atom stereocenters. The summed E-state index contributed by atoms with van der Waals surface area (Å²) in [4.78, 5) is 36.7. The first-order valence-corrected chi connectivity index (χ1v) is 5.96. The van der Waals surface area contributed by atoms with Crippen molar-refractivity contribution in [3.63, 3.8) is 0 Å². The van der Waals surface area contributed by atoms with Crippen molar-refractivity contribution in [2.45, 2.75) is 12.5 Å². The van der Waals surface area contributed by atoms with Crippen LogP contribution in [0.25, 0.3) is 0 Å². The Bertz CT molecular complexity index is 337. The van der Waals surface area contributed by atoms with E-state index in [9.17, 15) is 14.4 Å². The fourth-order valence-electron chi connectivity index (χ4n) is 1.72. The van der Waals surface area contributed by atoms with Gasteiger partial charge in [0.25, 0.3) is 6.10 Å². The molecule has 1 aliphatic rings. The van der Waals surface area contributed by atoms with Gasteiger partial charge in [0.2, 0.25) is 0 Å². The molecule has 19 heavy (non-hydrogen) atoms. The molecule has 1 saturated heterocycles. The summed E-state index contributed by atoms with van der Waals surface area (Å²) in [6.45, 7) is 3.90. The summed E-state index contributed by atoms with van der Waals surface area (Å²) in [5.41, 5.74) is 0. The second kappa shape index (κ2) is 7.05. The zero-order chi connectivity index (χ0) is 14.4. The molecule has 0 aromatic rings. The third kappa shape index (κ3) is 5.23. The molecule has 2 N–H and O–H groups in total. The summed E-state index contributed by atoms with van der Waals surface area (Å²) in [6.07, 6.45) is -2.14. The molecule has 0 bridgehead atoms. The van der Waals surface area contributed by atoms with E-state index in [2.05, 4.69) is 14.5 Å². The predicted molar refractivity (Wildman–Crippen MR) is 63.7 cm³/mol. The minimum atomic E-state index is -2.13. The van der Waals surface area contributed by atoms with E-state index in [4.69, 9.17) is 10.2 Å². The van der Waals surface area contributed by atoms with Crippen LogP contribution in [0.3, 0.4) is 0 Å². The van der Waals surface area contributed by atoms with E-state index in [0.29, 0.717) is 6.54 Å². The first-order chi connectivity index (χ1) is 8.90. The SMILES string of the molecule is CN1CCN(CCC(=O)OC(C(=O)O)C(=O)O)CC1. The molecule has 8 nitrogen and oxygen atoms in total. The molecule has 0 amide bonds. The Morgan fingerprint density at radius 3 is 2.11 bits per heavy atom. The molecule has 8 heteroatoms. The van der Waals surface area contributed by atoms with E-state index in [-0.39, 0.29) is 6.42 Å². The molecule has 0 radical (unpaired) electrons. The number of hydrogen-bond acceptors (Lipinski definition) is 6. The van der Waals surface area contributed by atoms with Crippen LogP contribution in [0.2, 0.25) is 0 Å². The van der Waals surface area contributed by atoms with Gasteiger partial charge in [0.1, 0.15) is 0 Å². The average Bonchev–Trinajstić information content (AvgIpc) is 2.34. The van der Waals surface area contributed by atoms with Crippen LogP contribution in [0, 0.1) is 0 Å². The lowest BCUT2D eigenvalue weighted by molar-refractivity contribution is -0.175. The minimum absolute atomic E-state index is 0.0131. The summed E-state index contributed by atoms with van der Waals surface area (Å²) in [5.74, 6) is -4.17. The Kier molecular flexibility index (Phi) is 5.71. The number of esters is 1. The predicted octanol–water partition coefficient (Wildman–Crippen LogP) is -1.30. The number of carbonyl (C=O) groups is 3. The Balaban J connectivity index is 2.31. The lowest BCUT2D eigenvalue weighted by Gasteiger charge is -2.32. The molecule has 0 spiro atoms. The highest BCUT2D eigenvalue weighted by atomic mass is 16.6. The van der Waals surface area contributed by atoms with Gasteiger partial charge >= 0.3 is 17.9 Å². The molecule has 0 atom stereocenters. The third-order valence-electron chi connectivity index (χ3n) is 2.93. The Hall–Kier alpha value is -1.67. The van der Waals surface area contributed by atoms with Crippen molar-refractivity contribution >= 4 is 17.9 Å². The van der Waals surface area contributed by atoms with Gasteiger partial charge in [-0.05, 0) is 7.05 Å². The van der Waals surface area contributed by atoms with Gasteiger partial charge in [0, 0.05) is 32.7 Å². The molecule has 0 aromatic heterocycles. The van der Waals surface area contributed by atoms with Gasteiger partial charge in [0.05, 0.1) is 6.42 Å². The molecule has 108 valence electrons. The van der Waals surface area contributed by atoms with Crippen LogP contribution in [0.5, 0.6) is 0 Å². The fraction of sp³-hybridized carbons (Fsp3) is 0.727. The Labute approximate surface area is 110 Å². The molecule has 1 rings (SSSR count). The zero-order valence-electron chi connectivity index (χ0n) is 10.7. The maximum Gasteiger partial charge on any atom is 0.356 e. The summed E-state index contributed by atoms with van der Waals surface area (Å²) < 4.78 is 4.41. The zero-order valence-corrected chi connectivity index (χ0v) is 10.7. The van der Waals surface area contributed by atoms with Crippen molar-refractivity contribution in [3.05, 3.63) is 0 Å². The van der Waals surface area contributed by atoms with Crippen molar-refractivity contribution < 1.29 is 29.3 Å². The van der Waals surface area contributed by atoms with E-state index in [0.717, 1.165) is 26.2 Å². The smallest absolute Gasteiger partial charge is 0.356 e. The van der Waals surface area contributed by atoms with Crippen LogP contribution in [-0.2, 0) is 19.1 Å². The number of nitrogens with zero attached hydrogens (tertiary/aromatic N) is 2.